The lowest BCUT2D eigenvalue weighted by atomic mass is 9.76. The van der Waals surface area contributed by atoms with Crippen molar-refractivity contribution in [1.82, 2.24) is 4.90 Å². The largest absolute Gasteiger partial charge is 0.378 e. The summed E-state index contributed by atoms with van der Waals surface area (Å²) in [4.78, 5) is 16.4. The van der Waals surface area contributed by atoms with Gasteiger partial charge in [-0.1, -0.05) is 24.3 Å². The van der Waals surface area contributed by atoms with Crippen LogP contribution in [0.3, 0.4) is 0 Å². The number of fused-ring (bicyclic) bond motifs is 3. The van der Waals surface area contributed by atoms with E-state index < -0.39 is 0 Å². The Hall–Kier alpha value is -2.75. The van der Waals surface area contributed by atoms with E-state index in [2.05, 4.69) is 72.6 Å². The minimum Gasteiger partial charge on any atom is -0.378 e. The number of carbonyl (C=O) groups is 1. The number of hydrogen-bond acceptors (Lipinski definition) is 3. The Kier molecular flexibility index (Phi) is 5.35. The monoisotopic (exact) mass is 389 g/mol. The fourth-order valence-electron chi connectivity index (χ4n) is 4.80. The summed E-state index contributed by atoms with van der Waals surface area (Å²) in [6.45, 7) is 6.43. The quantitative estimate of drug-likeness (QED) is 0.726. The second-order valence-electron chi connectivity index (χ2n) is 8.24. The van der Waals surface area contributed by atoms with E-state index in [0.29, 0.717) is 11.8 Å². The van der Waals surface area contributed by atoms with Gasteiger partial charge in [-0.05, 0) is 67.6 Å². The summed E-state index contributed by atoms with van der Waals surface area (Å²) in [5, 5.41) is 3.78. The molecule has 4 heteroatoms. The van der Waals surface area contributed by atoms with Crippen LogP contribution in [0.1, 0.15) is 53.7 Å². The number of carbonyl (C=O) groups excluding carboxylic acids is 1. The summed E-state index contributed by atoms with van der Waals surface area (Å²) in [6, 6.07) is 15.4. The highest BCUT2D eigenvalue weighted by molar-refractivity contribution is 5.94. The summed E-state index contributed by atoms with van der Waals surface area (Å²) in [7, 11) is 3.60. The Morgan fingerprint density at radius 1 is 1.07 bits per heavy atom. The van der Waals surface area contributed by atoms with Crippen molar-refractivity contribution in [3.63, 3.8) is 0 Å². The first-order chi connectivity index (χ1) is 14.0. The third kappa shape index (κ3) is 3.52. The molecule has 0 aromatic heterocycles. The molecule has 4 nitrogen and oxygen atoms in total. The van der Waals surface area contributed by atoms with E-state index >= 15 is 0 Å². The van der Waals surface area contributed by atoms with Gasteiger partial charge in [-0.2, -0.15) is 0 Å². The van der Waals surface area contributed by atoms with Gasteiger partial charge in [0.25, 0.3) is 5.91 Å². The number of amides is 1. The van der Waals surface area contributed by atoms with Gasteiger partial charge in [0.2, 0.25) is 0 Å². The molecule has 0 bridgehead atoms. The molecule has 1 aliphatic carbocycles. The zero-order valence-corrected chi connectivity index (χ0v) is 17.9. The third-order valence-corrected chi connectivity index (χ3v) is 6.40. The van der Waals surface area contributed by atoms with Crippen molar-refractivity contribution in [3.05, 3.63) is 71.3 Å². The number of nitrogens with one attached hydrogen (secondary N) is 1. The van der Waals surface area contributed by atoms with Gasteiger partial charge >= 0.3 is 0 Å². The summed E-state index contributed by atoms with van der Waals surface area (Å²) in [5.74, 6) is 0.889. The average molecular weight is 390 g/mol. The maximum atomic E-state index is 12.4. The number of benzene rings is 2. The van der Waals surface area contributed by atoms with Crippen LogP contribution in [-0.2, 0) is 0 Å². The first kappa shape index (κ1) is 19.6. The molecule has 1 aliphatic heterocycles. The molecule has 0 radical (unpaired) electrons. The molecule has 0 spiro atoms. The molecule has 3 atom stereocenters. The van der Waals surface area contributed by atoms with Crippen LogP contribution >= 0.6 is 0 Å². The minimum atomic E-state index is 0.0560. The van der Waals surface area contributed by atoms with Crippen molar-refractivity contribution < 1.29 is 4.79 Å². The van der Waals surface area contributed by atoms with Crippen molar-refractivity contribution in [2.24, 2.45) is 5.92 Å². The normalized spacial score (nSPS) is 21.9. The maximum Gasteiger partial charge on any atom is 0.253 e. The topological polar surface area (TPSA) is 35.6 Å². The second kappa shape index (κ2) is 7.94. The predicted molar refractivity (Wildman–Crippen MR) is 121 cm³/mol. The van der Waals surface area contributed by atoms with Crippen LogP contribution in [0.15, 0.2) is 54.6 Å². The predicted octanol–water partition coefficient (Wildman–Crippen LogP) is 5.06. The number of rotatable bonds is 5. The molecule has 0 saturated heterocycles. The number of nitrogens with zero attached hydrogens (tertiary/aromatic N) is 2. The summed E-state index contributed by atoms with van der Waals surface area (Å²) in [5.41, 5.74) is 5.76. The zero-order valence-electron chi connectivity index (χ0n) is 17.9. The molecule has 2 aliphatic rings. The van der Waals surface area contributed by atoms with Gasteiger partial charge in [0.15, 0.2) is 0 Å². The maximum absolute atomic E-state index is 12.4. The highest BCUT2D eigenvalue weighted by Gasteiger charge is 2.38. The van der Waals surface area contributed by atoms with Crippen molar-refractivity contribution in [2.75, 3.05) is 37.4 Å². The Morgan fingerprint density at radius 3 is 2.45 bits per heavy atom. The first-order valence-corrected chi connectivity index (χ1v) is 10.7. The Labute approximate surface area is 174 Å². The minimum absolute atomic E-state index is 0.0560. The van der Waals surface area contributed by atoms with Gasteiger partial charge in [-0.25, -0.2) is 0 Å². The Balaban J connectivity index is 1.65. The van der Waals surface area contributed by atoms with E-state index in [-0.39, 0.29) is 11.9 Å². The number of allylic oxidation sites excluding steroid dienone is 2. The molecule has 1 amide bonds. The Morgan fingerprint density at radius 2 is 1.79 bits per heavy atom. The van der Waals surface area contributed by atoms with E-state index in [1.54, 1.807) is 19.0 Å². The second-order valence-corrected chi connectivity index (χ2v) is 8.24. The first-order valence-electron chi connectivity index (χ1n) is 10.7. The van der Waals surface area contributed by atoms with Gasteiger partial charge in [-0.15, -0.1) is 0 Å². The van der Waals surface area contributed by atoms with E-state index in [1.807, 2.05) is 6.07 Å². The molecular weight excluding hydrogens is 358 g/mol. The molecular formula is C25H31N3O. The summed E-state index contributed by atoms with van der Waals surface area (Å²) < 4.78 is 0. The molecule has 1 N–H and O–H groups in total. The molecule has 2 aromatic carbocycles. The standard InChI is InChI=1S/C25H31N3O/c1-5-28(6-2)19-13-10-17(11-14-19)24-21-9-7-8-20(21)22-16-18(25(29)27(3)4)12-15-23(22)26-24/h7-8,10-16,20-21,24,26H,5-6,9H2,1-4H3. The molecule has 2 aromatic rings. The fourth-order valence-corrected chi connectivity index (χ4v) is 4.80. The molecule has 4 rings (SSSR count). The van der Waals surface area contributed by atoms with Crippen LogP contribution in [0, 0.1) is 5.92 Å². The molecule has 0 saturated carbocycles. The molecule has 152 valence electrons. The van der Waals surface area contributed by atoms with E-state index in [4.69, 9.17) is 0 Å². The molecule has 3 unspecified atom stereocenters. The van der Waals surface area contributed by atoms with Crippen molar-refractivity contribution >= 4 is 17.3 Å². The highest BCUT2D eigenvalue weighted by Crippen LogP contribution is 2.50. The van der Waals surface area contributed by atoms with Crippen LogP contribution < -0.4 is 10.2 Å². The average Bonchev–Trinajstić information content (AvgIpc) is 3.24. The van der Waals surface area contributed by atoms with E-state index in [0.717, 1.165) is 30.8 Å². The van der Waals surface area contributed by atoms with Crippen molar-refractivity contribution in [1.29, 1.82) is 0 Å². The fraction of sp³-hybridized carbons (Fsp3) is 0.400. The van der Waals surface area contributed by atoms with E-state index in [1.165, 1.54) is 16.8 Å². The lowest BCUT2D eigenvalue weighted by Crippen LogP contribution is -2.30. The van der Waals surface area contributed by atoms with Crippen LogP contribution in [0.2, 0.25) is 0 Å². The van der Waals surface area contributed by atoms with Gasteiger partial charge in [-0.3, -0.25) is 4.79 Å². The van der Waals surface area contributed by atoms with Crippen LogP contribution in [-0.4, -0.2) is 38.0 Å². The van der Waals surface area contributed by atoms with Gasteiger partial charge in [0.1, 0.15) is 0 Å². The lowest BCUT2D eigenvalue weighted by Gasteiger charge is -2.38. The van der Waals surface area contributed by atoms with Crippen LogP contribution in [0.25, 0.3) is 0 Å². The zero-order chi connectivity index (χ0) is 20.5. The summed E-state index contributed by atoms with van der Waals surface area (Å²) >= 11 is 0. The van der Waals surface area contributed by atoms with Gasteiger partial charge < -0.3 is 15.1 Å². The van der Waals surface area contributed by atoms with Crippen LogP contribution in [0.4, 0.5) is 11.4 Å². The molecule has 29 heavy (non-hydrogen) atoms. The number of hydrogen-bond donors (Lipinski definition) is 1. The van der Waals surface area contributed by atoms with Crippen LogP contribution in [0.5, 0.6) is 0 Å². The highest BCUT2D eigenvalue weighted by atomic mass is 16.2. The smallest absolute Gasteiger partial charge is 0.253 e. The number of anilines is 2. The van der Waals surface area contributed by atoms with Gasteiger partial charge in [0.05, 0.1) is 6.04 Å². The molecule has 1 heterocycles. The van der Waals surface area contributed by atoms with Gasteiger partial charge in [0, 0.05) is 50.0 Å². The molecule has 0 fully saturated rings. The van der Waals surface area contributed by atoms with Crippen molar-refractivity contribution in [2.45, 2.75) is 32.2 Å². The summed E-state index contributed by atoms with van der Waals surface area (Å²) in [6.07, 6.45) is 5.68. The van der Waals surface area contributed by atoms with Crippen molar-refractivity contribution in [3.8, 4) is 0 Å². The SMILES string of the molecule is CCN(CC)c1ccc(C2Nc3ccc(C(=O)N(C)C)cc3C3C=CCC32)cc1. The third-order valence-electron chi connectivity index (χ3n) is 6.40. The van der Waals surface area contributed by atoms with E-state index in [9.17, 15) is 4.79 Å². The Bertz CT molecular complexity index is 912. The lowest BCUT2D eigenvalue weighted by molar-refractivity contribution is 0.0827.